The summed E-state index contributed by atoms with van der Waals surface area (Å²) in [6.07, 6.45) is 0. The first-order valence-corrected chi connectivity index (χ1v) is 7.50. The lowest BCUT2D eigenvalue weighted by molar-refractivity contribution is 0.571. The van der Waals surface area contributed by atoms with Crippen molar-refractivity contribution in [2.45, 2.75) is 46.0 Å². The van der Waals surface area contributed by atoms with Crippen molar-refractivity contribution in [2.24, 2.45) is 5.92 Å². The van der Waals surface area contributed by atoms with Crippen LogP contribution in [-0.4, -0.2) is 12.6 Å². The van der Waals surface area contributed by atoms with Crippen LogP contribution in [-0.2, 0) is 5.33 Å². The molecule has 17 heavy (non-hydrogen) atoms. The number of hydrogen-bond donors (Lipinski definition) is 0. The van der Waals surface area contributed by atoms with Gasteiger partial charge in [0.2, 0.25) is 0 Å². The smallest absolute Gasteiger partial charge is 0.0371 e. The summed E-state index contributed by atoms with van der Waals surface area (Å²) in [5.74, 6) is 0.688. The maximum atomic E-state index is 3.53. The van der Waals surface area contributed by atoms with Gasteiger partial charge in [-0.05, 0) is 49.9 Å². The topological polar surface area (TPSA) is 3.24 Å². The number of halogens is 1. The van der Waals surface area contributed by atoms with Gasteiger partial charge < -0.3 is 4.90 Å². The van der Waals surface area contributed by atoms with Gasteiger partial charge >= 0.3 is 0 Å². The van der Waals surface area contributed by atoms with Gasteiger partial charge in [-0.1, -0.05) is 35.8 Å². The second-order valence-electron chi connectivity index (χ2n) is 5.38. The van der Waals surface area contributed by atoms with Crippen molar-refractivity contribution in [1.29, 1.82) is 0 Å². The molecule has 0 aliphatic rings. The second-order valence-corrected chi connectivity index (χ2v) is 5.95. The predicted molar refractivity (Wildman–Crippen MR) is 81.1 cm³/mol. The van der Waals surface area contributed by atoms with Crippen LogP contribution in [0.1, 0.15) is 38.8 Å². The van der Waals surface area contributed by atoms with E-state index in [1.54, 1.807) is 0 Å². The zero-order valence-corrected chi connectivity index (χ0v) is 13.2. The minimum absolute atomic E-state index is 0.548. The van der Waals surface area contributed by atoms with Gasteiger partial charge in [0.25, 0.3) is 0 Å². The van der Waals surface area contributed by atoms with E-state index >= 15 is 0 Å². The molecule has 96 valence electrons. The number of aryl methyl sites for hydroxylation is 1. The van der Waals surface area contributed by atoms with Gasteiger partial charge in [0.1, 0.15) is 0 Å². The van der Waals surface area contributed by atoms with Crippen molar-refractivity contribution in [3.05, 3.63) is 29.3 Å². The maximum Gasteiger partial charge on any atom is 0.0371 e. The maximum absolute atomic E-state index is 3.53. The molecular weight excluding hydrogens is 274 g/mol. The first kappa shape index (κ1) is 14.6. The van der Waals surface area contributed by atoms with Crippen molar-refractivity contribution in [1.82, 2.24) is 0 Å². The van der Waals surface area contributed by atoms with Gasteiger partial charge in [-0.15, -0.1) is 0 Å². The van der Waals surface area contributed by atoms with Gasteiger partial charge in [0.05, 0.1) is 0 Å². The molecule has 0 unspecified atom stereocenters. The van der Waals surface area contributed by atoms with Crippen LogP contribution in [0.2, 0.25) is 0 Å². The van der Waals surface area contributed by atoms with E-state index < -0.39 is 0 Å². The molecule has 0 saturated heterocycles. The quantitative estimate of drug-likeness (QED) is 0.708. The molecular formula is C15H24BrN. The molecule has 0 N–H and O–H groups in total. The Morgan fingerprint density at radius 2 is 1.82 bits per heavy atom. The monoisotopic (exact) mass is 297 g/mol. The second kappa shape index (κ2) is 6.44. The zero-order chi connectivity index (χ0) is 13.0. The SMILES string of the molecule is Cc1cc(N(CC(C)C)C(C)C)ccc1CBr. The van der Waals surface area contributed by atoms with Crippen molar-refractivity contribution >= 4 is 21.6 Å². The Morgan fingerprint density at radius 3 is 2.24 bits per heavy atom. The van der Waals surface area contributed by atoms with E-state index in [1.165, 1.54) is 16.8 Å². The minimum atomic E-state index is 0.548. The average Bonchev–Trinajstić information content (AvgIpc) is 2.25. The molecule has 0 heterocycles. The van der Waals surface area contributed by atoms with E-state index in [0.717, 1.165) is 11.9 Å². The lowest BCUT2D eigenvalue weighted by Gasteiger charge is -2.31. The standard InChI is InChI=1S/C15H24BrN/c1-11(2)10-17(12(3)4)15-7-6-14(9-16)13(5)8-15/h6-8,11-12H,9-10H2,1-5H3. The Morgan fingerprint density at radius 1 is 1.18 bits per heavy atom. The zero-order valence-electron chi connectivity index (χ0n) is 11.6. The summed E-state index contributed by atoms with van der Waals surface area (Å²) in [7, 11) is 0. The van der Waals surface area contributed by atoms with E-state index in [4.69, 9.17) is 0 Å². The highest BCUT2D eigenvalue weighted by Crippen LogP contribution is 2.23. The molecule has 0 amide bonds. The predicted octanol–water partition coefficient (Wildman–Crippen LogP) is 4.76. The molecule has 0 atom stereocenters. The Kier molecular flexibility index (Phi) is 5.51. The van der Waals surface area contributed by atoms with Crippen molar-refractivity contribution in [3.8, 4) is 0 Å². The number of hydrogen-bond acceptors (Lipinski definition) is 1. The Balaban J connectivity index is 2.98. The highest BCUT2D eigenvalue weighted by molar-refractivity contribution is 9.08. The van der Waals surface area contributed by atoms with Crippen LogP contribution in [0.25, 0.3) is 0 Å². The molecule has 0 aliphatic carbocycles. The van der Waals surface area contributed by atoms with Crippen LogP contribution in [0.15, 0.2) is 18.2 Å². The van der Waals surface area contributed by atoms with Gasteiger partial charge in [-0.2, -0.15) is 0 Å². The summed E-state index contributed by atoms with van der Waals surface area (Å²) in [6, 6.07) is 7.33. The minimum Gasteiger partial charge on any atom is -0.369 e. The van der Waals surface area contributed by atoms with Crippen LogP contribution in [0.4, 0.5) is 5.69 Å². The Hall–Kier alpha value is -0.500. The molecule has 0 spiro atoms. The normalized spacial score (nSPS) is 11.3. The fourth-order valence-corrected chi connectivity index (χ4v) is 2.65. The molecule has 0 aliphatic heterocycles. The fraction of sp³-hybridized carbons (Fsp3) is 0.600. The number of alkyl halides is 1. The van der Waals surface area contributed by atoms with Crippen molar-refractivity contribution in [3.63, 3.8) is 0 Å². The lowest BCUT2D eigenvalue weighted by Crippen LogP contribution is -2.34. The number of nitrogens with zero attached hydrogens (tertiary/aromatic N) is 1. The van der Waals surface area contributed by atoms with Gasteiger partial charge in [0, 0.05) is 23.6 Å². The van der Waals surface area contributed by atoms with E-state index in [9.17, 15) is 0 Å². The van der Waals surface area contributed by atoms with Gasteiger partial charge in [-0.25, -0.2) is 0 Å². The molecule has 1 aromatic carbocycles. The van der Waals surface area contributed by atoms with Gasteiger partial charge in [-0.3, -0.25) is 0 Å². The first-order valence-electron chi connectivity index (χ1n) is 6.37. The molecule has 1 nitrogen and oxygen atoms in total. The lowest BCUT2D eigenvalue weighted by atomic mass is 10.1. The van der Waals surface area contributed by atoms with Gasteiger partial charge in [0.15, 0.2) is 0 Å². The third-order valence-electron chi connectivity index (χ3n) is 2.99. The van der Waals surface area contributed by atoms with Crippen LogP contribution < -0.4 is 4.90 Å². The third-order valence-corrected chi connectivity index (χ3v) is 3.59. The Bertz CT molecular complexity index is 358. The molecule has 1 aromatic rings. The summed E-state index contributed by atoms with van der Waals surface area (Å²) < 4.78 is 0. The largest absolute Gasteiger partial charge is 0.369 e. The number of rotatable bonds is 5. The van der Waals surface area contributed by atoms with Crippen LogP contribution >= 0.6 is 15.9 Å². The average molecular weight is 298 g/mol. The van der Waals surface area contributed by atoms with Crippen molar-refractivity contribution < 1.29 is 0 Å². The molecule has 0 saturated carbocycles. The molecule has 1 rings (SSSR count). The highest BCUT2D eigenvalue weighted by Gasteiger charge is 2.12. The van der Waals surface area contributed by atoms with Crippen molar-refractivity contribution in [2.75, 3.05) is 11.4 Å². The Labute approximate surface area is 114 Å². The molecule has 0 bridgehead atoms. The van der Waals surface area contributed by atoms with E-state index in [0.29, 0.717) is 12.0 Å². The summed E-state index contributed by atoms with van der Waals surface area (Å²) in [4.78, 5) is 2.48. The molecule has 0 aromatic heterocycles. The summed E-state index contributed by atoms with van der Waals surface area (Å²) in [5.41, 5.74) is 4.09. The van der Waals surface area contributed by atoms with E-state index in [-0.39, 0.29) is 0 Å². The third kappa shape index (κ3) is 4.02. The van der Waals surface area contributed by atoms with Crippen LogP contribution in [0, 0.1) is 12.8 Å². The fourth-order valence-electron chi connectivity index (χ4n) is 2.02. The molecule has 0 radical (unpaired) electrons. The summed E-state index contributed by atoms with van der Waals surface area (Å²) in [6.45, 7) is 12.4. The molecule has 2 heteroatoms. The number of benzene rings is 1. The highest BCUT2D eigenvalue weighted by atomic mass is 79.9. The van der Waals surface area contributed by atoms with E-state index in [2.05, 4.69) is 73.6 Å². The van der Waals surface area contributed by atoms with E-state index in [1.807, 2.05) is 0 Å². The van der Waals surface area contributed by atoms with Crippen LogP contribution in [0.5, 0.6) is 0 Å². The summed E-state index contributed by atoms with van der Waals surface area (Å²) in [5, 5.41) is 0.935. The summed E-state index contributed by atoms with van der Waals surface area (Å²) >= 11 is 3.53. The number of anilines is 1. The first-order chi connectivity index (χ1) is 7.95. The molecule has 0 fully saturated rings. The van der Waals surface area contributed by atoms with Crippen LogP contribution in [0.3, 0.4) is 0 Å².